The fourth-order valence-corrected chi connectivity index (χ4v) is 1.93. The van der Waals surface area contributed by atoms with Crippen molar-refractivity contribution in [2.45, 2.75) is 25.4 Å². The van der Waals surface area contributed by atoms with Gasteiger partial charge in [-0.3, -0.25) is 0 Å². The van der Waals surface area contributed by atoms with Crippen LogP contribution >= 0.6 is 15.9 Å². The third kappa shape index (κ3) is 4.12. The minimum absolute atomic E-state index is 0.121. The topological polar surface area (TPSA) is 49.7 Å². The highest BCUT2D eigenvalue weighted by atomic mass is 79.9. The Balaban J connectivity index is 2.64. The Bertz CT molecular complexity index is 328. The van der Waals surface area contributed by atoms with Crippen LogP contribution in [0.4, 0.5) is 0 Å². The first-order chi connectivity index (χ1) is 7.67. The lowest BCUT2D eigenvalue weighted by molar-refractivity contribution is 0.149. The molecule has 0 radical (unpaired) electrons. The minimum atomic E-state index is -0.421. The predicted octanol–water partition coefficient (Wildman–Crippen LogP) is 2.13. The Morgan fingerprint density at radius 2 is 2.19 bits per heavy atom. The van der Waals surface area contributed by atoms with Crippen molar-refractivity contribution in [2.24, 2.45) is 0 Å². The van der Waals surface area contributed by atoms with Crippen molar-refractivity contribution in [1.29, 1.82) is 0 Å². The molecule has 0 aliphatic rings. The summed E-state index contributed by atoms with van der Waals surface area (Å²) in [6.07, 6.45) is 1.39. The van der Waals surface area contributed by atoms with Gasteiger partial charge < -0.3 is 14.9 Å². The Morgan fingerprint density at radius 3 is 2.81 bits per heavy atom. The SMILES string of the molecule is COc1ccc(Br)c(CC(O)CCCO)c1. The summed E-state index contributed by atoms with van der Waals surface area (Å²) in [7, 11) is 1.62. The maximum Gasteiger partial charge on any atom is 0.119 e. The summed E-state index contributed by atoms with van der Waals surface area (Å²) in [6.45, 7) is 0.121. The van der Waals surface area contributed by atoms with Crippen LogP contribution in [0.2, 0.25) is 0 Å². The number of benzene rings is 1. The molecule has 1 unspecified atom stereocenters. The van der Waals surface area contributed by atoms with Crippen molar-refractivity contribution in [3.05, 3.63) is 28.2 Å². The number of hydrogen-bond donors (Lipinski definition) is 2. The first-order valence-electron chi connectivity index (χ1n) is 5.28. The summed E-state index contributed by atoms with van der Waals surface area (Å²) in [5.74, 6) is 0.785. The van der Waals surface area contributed by atoms with Crippen LogP contribution in [0.5, 0.6) is 5.75 Å². The summed E-state index contributed by atoms with van der Waals surface area (Å²) in [5, 5.41) is 18.4. The van der Waals surface area contributed by atoms with Crippen molar-refractivity contribution < 1.29 is 14.9 Å². The fraction of sp³-hybridized carbons (Fsp3) is 0.500. The van der Waals surface area contributed by atoms with E-state index in [0.29, 0.717) is 19.3 Å². The van der Waals surface area contributed by atoms with E-state index in [-0.39, 0.29) is 6.61 Å². The zero-order valence-corrected chi connectivity index (χ0v) is 10.9. The van der Waals surface area contributed by atoms with Crippen LogP contribution in [-0.2, 0) is 6.42 Å². The summed E-state index contributed by atoms with van der Waals surface area (Å²) < 4.78 is 6.10. The highest BCUT2D eigenvalue weighted by molar-refractivity contribution is 9.10. The molecule has 0 saturated carbocycles. The molecule has 0 aliphatic carbocycles. The molecular weight excluding hydrogens is 272 g/mol. The van der Waals surface area contributed by atoms with E-state index in [2.05, 4.69) is 15.9 Å². The number of ether oxygens (including phenoxy) is 1. The van der Waals surface area contributed by atoms with Crippen LogP contribution in [0, 0.1) is 0 Å². The third-order valence-electron chi connectivity index (χ3n) is 2.40. The van der Waals surface area contributed by atoms with Gasteiger partial charge in [0.2, 0.25) is 0 Å². The Labute approximate surface area is 104 Å². The smallest absolute Gasteiger partial charge is 0.119 e. The van der Waals surface area contributed by atoms with E-state index in [9.17, 15) is 5.11 Å². The van der Waals surface area contributed by atoms with Gasteiger partial charge in [0.15, 0.2) is 0 Å². The molecule has 0 amide bonds. The molecular formula is C12H17BrO3. The van der Waals surface area contributed by atoms with Gasteiger partial charge in [0.25, 0.3) is 0 Å². The monoisotopic (exact) mass is 288 g/mol. The van der Waals surface area contributed by atoms with Gasteiger partial charge in [0, 0.05) is 11.1 Å². The molecule has 1 aromatic rings. The van der Waals surface area contributed by atoms with Crippen molar-refractivity contribution >= 4 is 15.9 Å². The van der Waals surface area contributed by atoms with E-state index in [1.54, 1.807) is 7.11 Å². The van der Waals surface area contributed by atoms with Crippen molar-refractivity contribution in [3.8, 4) is 5.75 Å². The van der Waals surface area contributed by atoms with E-state index in [1.807, 2.05) is 18.2 Å². The molecule has 0 aliphatic heterocycles. The lowest BCUT2D eigenvalue weighted by atomic mass is 10.0. The number of aliphatic hydroxyl groups excluding tert-OH is 2. The maximum absolute atomic E-state index is 9.75. The summed E-state index contributed by atoms with van der Waals surface area (Å²) in [5.41, 5.74) is 1.02. The van der Waals surface area contributed by atoms with Crippen LogP contribution in [0.25, 0.3) is 0 Å². The van der Waals surface area contributed by atoms with Crippen molar-refractivity contribution in [1.82, 2.24) is 0 Å². The van der Waals surface area contributed by atoms with Crippen molar-refractivity contribution in [3.63, 3.8) is 0 Å². The van der Waals surface area contributed by atoms with Gasteiger partial charge in [-0.2, -0.15) is 0 Å². The first kappa shape index (κ1) is 13.5. The Kier molecular flexibility index (Phi) is 5.80. The van der Waals surface area contributed by atoms with Gasteiger partial charge in [0.05, 0.1) is 13.2 Å². The second-order valence-corrected chi connectivity index (χ2v) is 4.54. The van der Waals surface area contributed by atoms with Crippen LogP contribution in [0.3, 0.4) is 0 Å². The lowest BCUT2D eigenvalue weighted by Gasteiger charge is -2.12. The number of halogens is 1. The largest absolute Gasteiger partial charge is 0.497 e. The van der Waals surface area contributed by atoms with Gasteiger partial charge in [0.1, 0.15) is 5.75 Å². The fourth-order valence-electron chi connectivity index (χ4n) is 1.52. The molecule has 1 aromatic carbocycles. The first-order valence-corrected chi connectivity index (χ1v) is 6.08. The second kappa shape index (κ2) is 6.89. The summed E-state index contributed by atoms with van der Waals surface area (Å²) in [4.78, 5) is 0. The molecule has 0 saturated heterocycles. The van der Waals surface area contributed by atoms with Gasteiger partial charge in [-0.1, -0.05) is 15.9 Å². The second-order valence-electron chi connectivity index (χ2n) is 3.68. The average Bonchev–Trinajstić information content (AvgIpc) is 2.29. The minimum Gasteiger partial charge on any atom is -0.497 e. The van der Waals surface area contributed by atoms with Gasteiger partial charge >= 0.3 is 0 Å². The number of rotatable bonds is 6. The third-order valence-corrected chi connectivity index (χ3v) is 3.18. The van der Waals surface area contributed by atoms with Crippen molar-refractivity contribution in [2.75, 3.05) is 13.7 Å². The molecule has 1 atom stereocenters. The van der Waals surface area contributed by atoms with Gasteiger partial charge in [-0.05, 0) is 43.0 Å². The molecule has 0 bridgehead atoms. The van der Waals surface area contributed by atoms with Crippen LogP contribution in [0.1, 0.15) is 18.4 Å². The molecule has 1 rings (SSSR count). The van der Waals surface area contributed by atoms with E-state index in [1.165, 1.54) is 0 Å². The van der Waals surface area contributed by atoms with Gasteiger partial charge in [-0.15, -0.1) is 0 Å². The molecule has 90 valence electrons. The van der Waals surface area contributed by atoms with Gasteiger partial charge in [-0.25, -0.2) is 0 Å². The normalized spacial score (nSPS) is 12.5. The highest BCUT2D eigenvalue weighted by Crippen LogP contribution is 2.24. The average molecular weight is 289 g/mol. The molecule has 2 N–H and O–H groups in total. The van der Waals surface area contributed by atoms with Crippen LogP contribution in [-0.4, -0.2) is 30.0 Å². The quantitative estimate of drug-likeness (QED) is 0.843. The number of hydrogen-bond acceptors (Lipinski definition) is 3. The Morgan fingerprint density at radius 1 is 1.44 bits per heavy atom. The molecule has 16 heavy (non-hydrogen) atoms. The van der Waals surface area contributed by atoms with Crippen LogP contribution < -0.4 is 4.74 Å². The lowest BCUT2D eigenvalue weighted by Crippen LogP contribution is -2.11. The molecule has 3 nitrogen and oxygen atoms in total. The standard InChI is InChI=1S/C12H17BrO3/c1-16-11-4-5-12(13)9(8-11)7-10(15)3-2-6-14/h4-5,8,10,14-15H,2-3,6-7H2,1H3. The van der Waals surface area contributed by atoms with E-state index < -0.39 is 6.10 Å². The number of methoxy groups -OCH3 is 1. The molecule has 0 heterocycles. The zero-order chi connectivity index (χ0) is 12.0. The predicted molar refractivity (Wildman–Crippen MR) is 66.7 cm³/mol. The molecule has 0 aromatic heterocycles. The Hall–Kier alpha value is -0.580. The zero-order valence-electron chi connectivity index (χ0n) is 9.32. The van der Waals surface area contributed by atoms with E-state index >= 15 is 0 Å². The summed E-state index contributed by atoms with van der Waals surface area (Å²) >= 11 is 3.44. The molecule has 0 spiro atoms. The molecule has 0 fully saturated rings. The maximum atomic E-state index is 9.75. The van der Waals surface area contributed by atoms with E-state index in [4.69, 9.17) is 9.84 Å². The number of aliphatic hydroxyl groups is 2. The van der Waals surface area contributed by atoms with Crippen LogP contribution in [0.15, 0.2) is 22.7 Å². The molecule has 4 heteroatoms. The van der Waals surface area contributed by atoms with E-state index in [0.717, 1.165) is 15.8 Å². The highest BCUT2D eigenvalue weighted by Gasteiger charge is 2.09. The summed E-state index contributed by atoms with van der Waals surface area (Å²) in [6, 6.07) is 5.69.